The third-order valence-corrected chi connectivity index (χ3v) is 5.69. The summed E-state index contributed by atoms with van der Waals surface area (Å²) in [5.41, 5.74) is 4.29. The van der Waals surface area contributed by atoms with Crippen molar-refractivity contribution in [3.8, 4) is 5.69 Å². The molecule has 1 amide bonds. The number of nitrogens with zero attached hydrogens (tertiary/aromatic N) is 3. The average Bonchev–Trinajstić information content (AvgIpc) is 3.00. The predicted molar refractivity (Wildman–Crippen MR) is 115 cm³/mol. The second-order valence-electron chi connectivity index (χ2n) is 7.53. The zero-order valence-electron chi connectivity index (χ0n) is 18.2. The SMILES string of the molecule is CCC(CC)CN(CC)C(=O)c1ccc(-n2nc(C)c(CCC(=O)O)c2C)cc1. The van der Waals surface area contributed by atoms with Gasteiger partial charge in [-0.1, -0.05) is 26.7 Å². The van der Waals surface area contributed by atoms with Gasteiger partial charge in [0.15, 0.2) is 0 Å². The van der Waals surface area contributed by atoms with E-state index in [0.29, 0.717) is 24.4 Å². The van der Waals surface area contributed by atoms with E-state index >= 15 is 0 Å². The molecule has 0 aliphatic carbocycles. The van der Waals surface area contributed by atoms with E-state index in [9.17, 15) is 9.59 Å². The highest BCUT2D eigenvalue weighted by molar-refractivity contribution is 5.94. The van der Waals surface area contributed by atoms with Crippen molar-refractivity contribution >= 4 is 11.9 Å². The van der Waals surface area contributed by atoms with E-state index < -0.39 is 5.97 Å². The lowest BCUT2D eigenvalue weighted by Crippen LogP contribution is -2.35. The van der Waals surface area contributed by atoms with Crippen molar-refractivity contribution in [2.24, 2.45) is 5.92 Å². The molecule has 2 aromatic rings. The number of amides is 1. The van der Waals surface area contributed by atoms with Gasteiger partial charge in [0.25, 0.3) is 5.91 Å². The topological polar surface area (TPSA) is 75.4 Å². The molecule has 158 valence electrons. The summed E-state index contributed by atoms with van der Waals surface area (Å²) in [6.07, 6.45) is 2.69. The molecule has 1 aromatic carbocycles. The van der Waals surface area contributed by atoms with Crippen LogP contribution >= 0.6 is 0 Å². The zero-order valence-corrected chi connectivity index (χ0v) is 18.2. The first kappa shape index (κ1) is 22.7. The van der Waals surface area contributed by atoms with E-state index in [4.69, 9.17) is 5.11 Å². The number of hydrogen-bond acceptors (Lipinski definition) is 3. The van der Waals surface area contributed by atoms with Crippen molar-refractivity contribution < 1.29 is 14.7 Å². The summed E-state index contributed by atoms with van der Waals surface area (Å²) < 4.78 is 1.82. The highest BCUT2D eigenvalue weighted by Gasteiger charge is 2.18. The summed E-state index contributed by atoms with van der Waals surface area (Å²) in [6.45, 7) is 11.7. The smallest absolute Gasteiger partial charge is 0.303 e. The van der Waals surface area contributed by atoms with Gasteiger partial charge in [0.1, 0.15) is 0 Å². The molecule has 29 heavy (non-hydrogen) atoms. The van der Waals surface area contributed by atoms with E-state index in [1.807, 2.05) is 54.6 Å². The minimum atomic E-state index is -0.812. The fourth-order valence-electron chi connectivity index (χ4n) is 3.66. The standard InChI is InChI=1S/C23H33N3O3/c1-6-18(7-2)15-25(8-3)23(29)19-9-11-20(12-10-19)26-17(5)21(16(4)24-26)13-14-22(27)28/h9-12,18H,6-8,13-15H2,1-5H3,(H,27,28). The van der Waals surface area contributed by atoms with Gasteiger partial charge in [-0.3, -0.25) is 9.59 Å². The van der Waals surface area contributed by atoms with Crippen molar-refractivity contribution in [1.29, 1.82) is 0 Å². The monoisotopic (exact) mass is 399 g/mol. The maximum atomic E-state index is 12.9. The molecular weight excluding hydrogens is 366 g/mol. The van der Waals surface area contributed by atoms with Gasteiger partial charge >= 0.3 is 5.97 Å². The van der Waals surface area contributed by atoms with E-state index in [1.165, 1.54) is 0 Å². The van der Waals surface area contributed by atoms with Gasteiger partial charge in [0, 0.05) is 30.8 Å². The Balaban J connectivity index is 2.20. The van der Waals surface area contributed by atoms with Crippen molar-refractivity contribution in [3.05, 3.63) is 46.8 Å². The molecule has 0 spiro atoms. The maximum absolute atomic E-state index is 12.9. The Morgan fingerprint density at radius 2 is 1.72 bits per heavy atom. The minimum Gasteiger partial charge on any atom is -0.481 e. The summed E-state index contributed by atoms with van der Waals surface area (Å²) >= 11 is 0. The van der Waals surface area contributed by atoms with Gasteiger partial charge in [-0.15, -0.1) is 0 Å². The molecular formula is C23H33N3O3. The van der Waals surface area contributed by atoms with Gasteiger partial charge in [0.2, 0.25) is 0 Å². The van der Waals surface area contributed by atoms with E-state index in [1.54, 1.807) is 0 Å². The molecule has 0 aliphatic heterocycles. The third-order valence-electron chi connectivity index (χ3n) is 5.69. The highest BCUT2D eigenvalue weighted by Crippen LogP contribution is 2.20. The number of hydrogen-bond donors (Lipinski definition) is 1. The second kappa shape index (κ2) is 10.2. The quantitative estimate of drug-likeness (QED) is 0.642. The van der Waals surface area contributed by atoms with Crippen LogP contribution in [0, 0.1) is 19.8 Å². The molecule has 0 saturated carbocycles. The van der Waals surface area contributed by atoms with Crippen molar-refractivity contribution in [3.63, 3.8) is 0 Å². The molecule has 1 aromatic heterocycles. The largest absolute Gasteiger partial charge is 0.481 e. The van der Waals surface area contributed by atoms with Gasteiger partial charge in [-0.2, -0.15) is 5.10 Å². The first-order valence-electron chi connectivity index (χ1n) is 10.5. The highest BCUT2D eigenvalue weighted by atomic mass is 16.4. The lowest BCUT2D eigenvalue weighted by Gasteiger charge is -2.25. The molecule has 2 rings (SSSR count). The van der Waals surface area contributed by atoms with Gasteiger partial charge < -0.3 is 10.0 Å². The molecule has 0 radical (unpaired) electrons. The fraction of sp³-hybridized carbons (Fsp3) is 0.522. The average molecular weight is 400 g/mol. The molecule has 0 saturated heterocycles. The fourth-order valence-corrected chi connectivity index (χ4v) is 3.66. The lowest BCUT2D eigenvalue weighted by molar-refractivity contribution is -0.136. The molecule has 0 fully saturated rings. The molecule has 6 nitrogen and oxygen atoms in total. The van der Waals surface area contributed by atoms with Gasteiger partial charge in [0.05, 0.1) is 11.4 Å². The number of aromatic nitrogens is 2. The molecule has 0 atom stereocenters. The third kappa shape index (κ3) is 5.46. The van der Waals surface area contributed by atoms with E-state index in [2.05, 4.69) is 18.9 Å². The van der Waals surface area contributed by atoms with Crippen LogP contribution in [0.2, 0.25) is 0 Å². The van der Waals surface area contributed by atoms with E-state index in [0.717, 1.165) is 42.0 Å². The summed E-state index contributed by atoms with van der Waals surface area (Å²) in [6, 6.07) is 7.50. The summed E-state index contributed by atoms with van der Waals surface area (Å²) in [7, 11) is 0. The van der Waals surface area contributed by atoms with Crippen LogP contribution in [-0.2, 0) is 11.2 Å². The van der Waals surface area contributed by atoms with Gasteiger partial charge in [-0.05, 0) is 62.9 Å². The predicted octanol–water partition coefficient (Wildman–Crippen LogP) is 4.40. The molecule has 1 N–H and O–H groups in total. The first-order valence-corrected chi connectivity index (χ1v) is 10.5. The zero-order chi connectivity index (χ0) is 21.6. The Hall–Kier alpha value is -2.63. The van der Waals surface area contributed by atoms with Crippen LogP contribution in [0.1, 0.15) is 67.3 Å². The molecule has 0 bridgehead atoms. The Bertz CT molecular complexity index is 836. The van der Waals surface area contributed by atoms with Crippen LogP contribution in [-0.4, -0.2) is 44.8 Å². The van der Waals surface area contributed by atoms with Crippen LogP contribution < -0.4 is 0 Å². The van der Waals surface area contributed by atoms with Crippen LogP contribution in [0.5, 0.6) is 0 Å². The number of carbonyl (C=O) groups excluding carboxylic acids is 1. The Morgan fingerprint density at radius 3 is 2.24 bits per heavy atom. The van der Waals surface area contributed by atoms with Crippen LogP contribution in [0.25, 0.3) is 5.69 Å². The number of aryl methyl sites for hydroxylation is 1. The lowest BCUT2D eigenvalue weighted by atomic mass is 10.0. The Labute approximate surface area is 173 Å². The normalized spacial score (nSPS) is 11.1. The van der Waals surface area contributed by atoms with E-state index in [-0.39, 0.29) is 12.3 Å². The molecule has 0 unspecified atom stereocenters. The molecule has 0 aliphatic rings. The molecule has 1 heterocycles. The number of carboxylic acid groups (broad SMARTS) is 1. The van der Waals surface area contributed by atoms with Crippen molar-refractivity contribution in [2.45, 2.75) is 60.3 Å². The summed E-state index contributed by atoms with van der Waals surface area (Å²) in [5, 5.41) is 13.5. The number of aliphatic carboxylic acids is 1. The van der Waals surface area contributed by atoms with Crippen LogP contribution in [0.3, 0.4) is 0 Å². The minimum absolute atomic E-state index is 0.0569. The van der Waals surface area contributed by atoms with Crippen LogP contribution in [0.4, 0.5) is 0 Å². The summed E-state index contributed by atoms with van der Waals surface area (Å²) in [5.74, 6) is -0.230. The Morgan fingerprint density at radius 1 is 1.10 bits per heavy atom. The van der Waals surface area contributed by atoms with Gasteiger partial charge in [-0.25, -0.2) is 4.68 Å². The van der Waals surface area contributed by atoms with Crippen molar-refractivity contribution in [1.82, 2.24) is 14.7 Å². The number of benzene rings is 1. The maximum Gasteiger partial charge on any atom is 0.303 e. The van der Waals surface area contributed by atoms with Crippen molar-refractivity contribution in [2.75, 3.05) is 13.1 Å². The number of carbonyl (C=O) groups is 2. The van der Waals surface area contributed by atoms with Crippen LogP contribution in [0.15, 0.2) is 24.3 Å². The summed E-state index contributed by atoms with van der Waals surface area (Å²) in [4.78, 5) is 25.7. The molecule has 6 heteroatoms. The first-order chi connectivity index (χ1) is 13.8. The number of carboxylic acids is 1. The number of rotatable bonds is 10. The Kier molecular flexibility index (Phi) is 8.00. The second-order valence-corrected chi connectivity index (χ2v) is 7.53.